The molecule has 1 N–H and O–H groups in total. The molecule has 1 aromatic heterocycles. The van der Waals surface area contributed by atoms with Crippen molar-refractivity contribution in [2.45, 2.75) is 19.4 Å². The Bertz CT molecular complexity index is 1030. The molecule has 7 heteroatoms. The Balaban J connectivity index is 1.28. The predicted octanol–water partition coefficient (Wildman–Crippen LogP) is 4.45. The largest absolute Gasteiger partial charge is 0.465 e. The molecule has 1 aliphatic heterocycles. The highest BCUT2D eigenvalue weighted by atomic mass is 32.1. The van der Waals surface area contributed by atoms with Crippen LogP contribution in [0.25, 0.3) is 11.3 Å². The molecule has 1 fully saturated rings. The Kier molecular flexibility index (Phi) is 6.74. The van der Waals surface area contributed by atoms with E-state index in [-0.39, 0.29) is 17.8 Å². The Morgan fingerprint density at radius 1 is 1.16 bits per heavy atom. The summed E-state index contributed by atoms with van der Waals surface area (Å²) in [6.07, 6.45) is 1.66. The van der Waals surface area contributed by atoms with E-state index in [9.17, 15) is 9.59 Å². The number of nitrogens with zero attached hydrogens (tertiary/aromatic N) is 2. The molecule has 3 aromatic rings. The van der Waals surface area contributed by atoms with E-state index in [1.165, 1.54) is 7.11 Å². The Hall–Kier alpha value is -3.03. The topological polar surface area (TPSA) is 71.5 Å². The maximum atomic E-state index is 12.8. The fourth-order valence-corrected chi connectivity index (χ4v) is 4.39. The molecule has 0 saturated carbocycles. The van der Waals surface area contributed by atoms with Crippen LogP contribution in [0.4, 0.5) is 5.69 Å². The summed E-state index contributed by atoms with van der Waals surface area (Å²) >= 11 is 1.56. The molecule has 6 nitrogen and oxygen atoms in total. The zero-order chi connectivity index (χ0) is 21.6. The Morgan fingerprint density at radius 3 is 2.61 bits per heavy atom. The number of hydrogen-bond acceptors (Lipinski definition) is 6. The zero-order valence-corrected chi connectivity index (χ0v) is 18.2. The number of benzene rings is 2. The summed E-state index contributed by atoms with van der Waals surface area (Å²) in [6.45, 7) is 2.55. The van der Waals surface area contributed by atoms with Crippen LogP contribution in [0.3, 0.4) is 0 Å². The van der Waals surface area contributed by atoms with Crippen molar-refractivity contribution < 1.29 is 14.3 Å². The van der Waals surface area contributed by atoms with E-state index in [1.807, 2.05) is 47.3 Å². The minimum absolute atomic E-state index is 0.0147. The third-order valence-corrected chi connectivity index (χ3v) is 6.18. The van der Waals surface area contributed by atoms with E-state index in [4.69, 9.17) is 4.74 Å². The molecule has 31 heavy (non-hydrogen) atoms. The van der Waals surface area contributed by atoms with Crippen molar-refractivity contribution in [3.05, 3.63) is 70.5 Å². The van der Waals surface area contributed by atoms with Gasteiger partial charge in [0.05, 0.1) is 23.9 Å². The van der Waals surface area contributed by atoms with Crippen LogP contribution >= 0.6 is 11.3 Å². The number of carbonyl (C=O) groups excluding carboxylic acids is 2. The number of piperidine rings is 1. The van der Waals surface area contributed by atoms with E-state index in [0.717, 1.165) is 55.0 Å². The van der Waals surface area contributed by atoms with Crippen LogP contribution in [0.2, 0.25) is 0 Å². The molecular formula is C24H25N3O3S. The lowest BCUT2D eigenvalue weighted by molar-refractivity contribution is -0.121. The number of nitrogens with one attached hydrogen (secondary N) is 1. The summed E-state index contributed by atoms with van der Waals surface area (Å²) in [5.74, 6) is -0.228. The fraction of sp³-hybridized carbons (Fsp3) is 0.292. The third-order valence-electron chi connectivity index (χ3n) is 5.60. The molecule has 1 aliphatic rings. The smallest absolute Gasteiger partial charge is 0.337 e. The number of methoxy groups -OCH3 is 1. The first-order valence-corrected chi connectivity index (χ1v) is 11.3. The molecule has 160 valence electrons. The summed E-state index contributed by atoms with van der Waals surface area (Å²) in [5, 5.41) is 5.07. The number of esters is 1. The number of ether oxygens (including phenoxy) is 1. The van der Waals surface area contributed by atoms with Crippen LogP contribution in [-0.2, 0) is 16.1 Å². The van der Waals surface area contributed by atoms with Crippen LogP contribution < -0.4 is 5.32 Å². The summed E-state index contributed by atoms with van der Waals surface area (Å²) in [7, 11) is 1.38. The van der Waals surface area contributed by atoms with Gasteiger partial charge >= 0.3 is 5.97 Å². The Morgan fingerprint density at radius 2 is 1.94 bits per heavy atom. The van der Waals surface area contributed by atoms with Crippen LogP contribution in [-0.4, -0.2) is 42.0 Å². The number of likely N-dealkylation sites (tertiary alicyclic amines) is 1. The maximum Gasteiger partial charge on any atom is 0.337 e. The molecule has 2 aromatic carbocycles. The molecule has 0 bridgehead atoms. The number of aromatic nitrogens is 1. The average Bonchev–Trinajstić information content (AvgIpc) is 3.35. The summed E-state index contributed by atoms with van der Waals surface area (Å²) in [5.41, 5.74) is 6.25. The molecule has 1 saturated heterocycles. The van der Waals surface area contributed by atoms with Gasteiger partial charge in [0.25, 0.3) is 0 Å². The van der Waals surface area contributed by atoms with Crippen molar-refractivity contribution >= 4 is 28.9 Å². The second-order valence-electron chi connectivity index (χ2n) is 7.68. The molecule has 0 unspecified atom stereocenters. The van der Waals surface area contributed by atoms with Crippen LogP contribution in [0, 0.1) is 5.92 Å². The van der Waals surface area contributed by atoms with Crippen molar-refractivity contribution in [2.24, 2.45) is 5.92 Å². The van der Waals surface area contributed by atoms with Gasteiger partial charge < -0.3 is 10.1 Å². The number of amides is 1. The van der Waals surface area contributed by atoms with Gasteiger partial charge in [-0.05, 0) is 55.8 Å². The van der Waals surface area contributed by atoms with Crippen molar-refractivity contribution in [1.29, 1.82) is 0 Å². The molecule has 0 radical (unpaired) electrons. The molecule has 0 aliphatic carbocycles. The first-order chi connectivity index (χ1) is 15.1. The second kappa shape index (κ2) is 9.85. The van der Waals surface area contributed by atoms with Crippen molar-refractivity contribution in [3.63, 3.8) is 0 Å². The van der Waals surface area contributed by atoms with Gasteiger partial charge in [-0.3, -0.25) is 9.69 Å². The highest BCUT2D eigenvalue weighted by Crippen LogP contribution is 2.25. The fourth-order valence-electron chi connectivity index (χ4n) is 3.83. The summed E-state index contributed by atoms with van der Waals surface area (Å²) < 4.78 is 4.74. The molecule has 2 heterocycles. The molecule has 0 spiro atoms. The zero-order valence-electron chi connectivity index (χ0n) is 17.4. The van der Waals surface area contributed by atoms with E-state index >= 15 is 0 Å². The standard InChI is InChI=1S/C24H25N3O3S/c1-30-24(29)19-7-5-17(6-8-19)14-27-11-9-18(10-12-27)23(28)26-21-4-2-3-20(13-21)22-15-31-16-25-22/h2-8,13,15-16,18H,9-12,14H2,1H3,(H,26,28). The van der Waals surface area contributed by atoms with Gasteiger partial charge in [-0.15, -0.1) is 11.3 Å². The monoisotopic (exact) mass is 435 g/mol. The van der Waals surface area contributed by atoms with Crippen LogP contribution in [0.5, 0.6) is 0 Å². The van der Waals surface area contributed by atoms with E-state index in [2.05, 4.69) is 15.2 Å². The summed E-state index contributed by atoms with van der Waals surface area (Å²) in [4.78, 5) is 31.0. The van der Waals surface area contributed by atoms with Crippen molar-refractivity contribution in [3.8, 4) is 11.3 Å². The first-order valence-electron chi connectivity index (χ1n) is 10.3. The molecule has 0 atom stereocenters. The molecular weight excluding hydrogens is 410 g/mol. The van der Waals surface area contributed by atoms with Crippen molar-refractivity contribution in [1.82, 2.24) is 9.88 Å². The van der Waals surface area contributed by atoms with Crippen molar-refractivity contribution in [2.75, 3.05) is 25.5 Å². The van der Waals surface area contributed by atoms with Gasteiger partial charge in [0.1, 0.15) is 0 Å². The van der Waals surface area contributed by atoms with E-state index in [1.54, 1.807) is 23.5 Å². The van der Waals surface area contributed by atoms with Gasteiger partial charge in [-0.2, -0.15) is 0 Å². The van der Waals surface area contributed by atoms with Gasteiger partial charge in [0, 0.05) is 29.1 Å². The lowest BCUT2D eigenvalue weighted by Gasteiger charge is -2.31. The van der Waals surface area contributed by atoms with Gasteiger partial charge in [-0.1, -0.05) is 24.3 Å². The van der Waals surface area contributed by atoms with Gasteiger partial charge in [-0.25, -0.2) is 9.78 Å². The predicted molar refractivity (Wildman–Crippen MR) is 122 cm³/mol. The average molecular weight is 436 g/mol. The quantitative estimate of drug-likeness (QED) is 0.580. The van der Waals surface area contributed by atoms with Crippen LogP contribution in [0.1, 0.15) is 28.8 Å². The summed E-state index contributed by atoms with van der Waals surface area (Å²) in [6, 6.07) is 15.3. The second-order valence-corrected chi connectivity index (χ2v) is 8.40. The number of thiazole rings is 1. The highest BCUT2D eigenvalue weighted by molar-refractivity contribution is 7.07. The third kappa shape index (κ3) is 5.37. The number of hydrogen-bond donors (Lipinski definition) is 1. The normalized spacial score (nSPS) is 14.9. The lowest BCUT2D eigenvalue weighted by atomic mass is 9.95. The maximum absolute atomic E-state index is 12.8. The van der Waals surface area contributed by atoms with Gasteiger partial charge in [0.15, 0.2) is 0 Å². The Labute approximate surface area is 185 Å². The minimum atomic E-state index is -0.324. The van der Waals surface area contributed by atoms with Gasteiger partial charge in [0.2, 0.25) is 5.91 Å². The molecule has 1 amide bonds. The lowest BCUT2D eigenvalue weighted by Crippen LogP contribution is -2.37. The highest BCUT2D eigenvalue weighted by Gasteiger charge is 2.25. The molecule has 4 rings (SSSR count). The van der Waals surface area contributed by atoms with E-state index in [0.29, 0.717) is 5.56 Å². The SMILES string of the molecule is COC(=O)c1ccc(CN2CCC(C(=O)Nc3cccc(-c4cscn4)c3)CC2)cc1. The van der Waals surface area contributed by atoms with E-state index < -0.39 is 0 Å². The van der Waals surface area contributed by atoms with Crippen LogP contribution in [0.15, 0.2) is 59.4 Å². The number of rotatable bonds is 6. The number of anilines is 1. The first kappa shape index (κ1) is 21.2. The minimum Gasteiger partial charge on any atom is -0.465 e. The number of carbonyl (C=O) groups is 2.